The fourth-order valence-corrected chi connectivity index (χ4v) is 7.37. The molecule has 0 unspecified atom stereocenters. The fraction of sp³-hybridized carbons (Fsp3) is 0.438. The number of rotatable bonds is 14. The normalized spacial score (nSPS) is 12.7. The standard InChI is InChI=1S/C32H40Br2O8S2/c1-31(2,3)41-43(35,36)25-15-11-23(12-16-25)9-7-19-39-29-21-28(34)30(22-27(29)33)40-20-8-10-24-13-17-26(18-14-24)44(37,38)42-32(4,5)6/h11-18,21-22H,7-10,19-20H2,1-6H3. The molecule has 242 valence electrons. The molecule has 0 N–H and O–H groups in total. The van der Waals surface area contributed by atoms with Crippen molar-refractivity contribution >= 4 is 52.1 Å². The maximum absolute atomic E-state index is 12.4. The van der Waals surface area contributed by atoms with Crippen LogP contribution in [-0.2, 0) is 41.4 Å². The highest BCUT2D eigenvalue weighted by Crippen LogP contribution is 2.36. The molecule has 0 fully saturated rings. The van der Waals surface area contributed by atoms with E-state index >= 15 is 0 Å². The van der Waals surface area contributed by atoms with Crippen molar-refractivity contribution in [3.63, 3.8) is 0 Å². The number of halogens is 2. The number of aryl methyl sites for hydroxylation is 2. The minimum atomic E-state index is -3.81. The Balaban J connectivity index is 1.44. The van der Waals surface area contributed by atoms with Gasteiger partial charge in [-0.2, -0.15) is 16.8 Å². The van der Waals surface area contributed by atoms with Gasteiger partial charge in [-0.3, -0.25) is 8.37 Å². The van der Waals surface area contributed by atoms with Gasteiger partial charge in [-0.15, -0.1) is 0 Å². The van der Waals surface area contributed by atoms with Crippen molar-refractivity contribution in [2.45, 2.75) is 88.2 Å². The largest absolute Gasteiger partial charge is 0.492 e. The van der Waals surface area contributed by atoms with Crippen molar-refractivity contribution in [2.75, 3.05) is 13.2 Å². The Morgan fingerprint density at radius 1 is 0.568 bits per heavy atom. The first-order valence-corrected chi connectivity index (χ1v) is 18.6. The van der Waals surface area contributed by atoms with E-state index in [-0.39, 0.29) is 9.79 Å². The van der Waals surface area contributed by atoms with E-state index in [4.69, 9.17) is 17.8 Å². The third kappa shape index (κ3) is 11.8. The molecule has 0 aliphatic heterocycles. The molecule has 0 bridgehead atoms. The zero-order valence-electron chi connectivity index (χ0n) is 25.9. The van der Waals surface area contributed by atoms with Crippen LogP contribution in [0.15, 0.2) is 79.4 Å². The molecule has 44 heavy (non-hydrogen) atoms. The molecule has 3 aromatic carbocycles. The maximum Gasteiger partial charge on any atom is 0.297 e. The van der Waals surface area contributed by atoms with E-state index in [9.17, 15) is 16.8 Å². The molecule has 8 nitrogen and oxygen atoms in total. The van der Waals surface area contributed by atoms with E-state index in [1.54, 1.807) is 90.1 Å². The lowest BCUT2D eigenvalue weighted by atomic mass is 10.1. The highest BCUT2D eigenvalue weighted by Gasteiger charge is 2.25. The lowest BCUT2D eigenvalue weighted by molar-refractivity contribution is 0.138. The summed E-state index contributed by atoms with van der Waals surface area (Å²) in [6, 6.07) is 17.1. The highest BCUT2D eigenvalue weighted by atomic mass is 79.9. The summed E-state index contributed by atoms with van der Waals surface area (Å²) in [5.41, 5.74) is 0.411. The molecule has 12 heteroatoms. The van der Waals surface area contributed by atoms with Crippen LogP contribution in [0.3, 0.4) is 0 Å². The van der Waals surface area contributed by atoms with E-state index < -0.39 is 31.4 Å². The van der Waals surface area contributed by atoms with Crippen LogP contribution >= 0.6 is 31.9 Å². The van der Waals surface area contributed by atoms with Gasteiger partial charge in [-0.05, 0) is 147 Å². The molecule has 0 aromatic heterocycles. The number of hydrogen-bond donors (Lipinski definition) is 0. The summed E-state index contributed by atoms with van der Waals surface area (Å²) in [6.45, 7) is 11.1. The van der Waals surface area contributed by atoms with Crippen molar-refractivity contribution in [3.05, 3.63) is 80.7 Å². The molecule has 0 saturated heterocycles. The van der Waals surface area contributed by atoms with Crippen LogP contribution in [0.4, 0.5) is 0 Å². The summed E-state index contributed by atoms with van der Waals surface area (Å²) < 4.78 is 73.4. The second-order valence-corrected chi connectivity index (χ2v) is 17.0. The van der Waals surface area contributed by atoms with Crippen molar-refractivity contribution < 1.29 is 34.7 Å². The molecule has 0 aliphatic rings. The van der Waals surface area contributed by atoms with Crippen molar-refractivity contribution in [2.24, 2.45) is 0 Å². The lowest BCUT2D eigenvalue weighted by Crippen LogP contribution is -2.24. The monoisotopic (exact) mass is 774 g/mol. The van der Waals surface area contributed by atoms with Crippen LogP contribution in [0.5, 0.6) is 11.5 Å². The van der Waals surface area contributed by atoms with Crippen LogP contribution in [0.2, 0.25) is 0 Å². The van der Waals surface area contributed by atoms with Gasteiger partial charge in [0, 0.05) is 0 Å². The maximum atomic E-state index is 12.4. The predicted molar refractivity (Wildman–Crippen MR) is 178 cm³/mol. The average Bonchev–Trinajstić information content (AvgIpc) is 2.89. The molecule has 0 aliphatic carbocycles. The Bertz CT molecular complexity index is 1480. The summed E-state index contributed by atoms with van der Waals surface area (Å²) in [7, 11) is -7.61. The number of hydrogen-bond acceptors (Lipinski definition) is 8. The minimum Gasteiger partial charge on any atom is -0.492 e. The van der Waals surface area contributed by atoms with Gasteiger partial charge in [-0.25, -0.2) is 0 Å². The second-order valence-electron chi connectivity index (χ2n) is 12.2. The van der Waals surface area contributed by atoms with E-state index in [1.807, 2.05) is 12.1 Å². The van der Waals surface area contributed by atoms with E-state index in [0.717, 1.165) is 45.8 Å². The Morgan fingerprint density at radius 2 is 0.886 bits per heavy atom. The fourth-order valence-electron chi connectivity index (χ4n) is 4.05. The Labute approximate surface area is 279 Å². The van der Waals surface area contributed by atoms with E-state index in [0.29, 0.717) is 24.7 Å². The molecule has 0 saturated carbocycles. The average molecular weight is 777 g/mol. The van der Waals surface area contributed by atoms with E-state index in [2.05, 4.69) is 31.9 Å². The van der Waals surface area contributed by atoms with Crippen molar-refractivity contribution in [1.29, 1.82) is 0 Å². The lowest BCUT2D eigenvalue weighted by Gasteiger charge is -2.18. The topological polar surface area (TPSA) is 105 Å². The van der Waals surface area contributed by atoms with Crippen LogP contribution in [-0.4, -0.2) is 41.3 Å². The van der Waals surface area contributed by atoms with Gasteiger partial charge in [-0.1, -0.05) is 24.3 Å². The third-order valence-corrected chi connectivity index (χ3v) is 10.2. The zero-order chi connectivity index (χ0) is 32.8. The molecule has 3 rings (SSSR count). The van der Waals surface area contributed by atoms with Gasteiger partial charge in [0.2, 0.25) is 0 Å². The number of benzene rings is 3. The second kappa shape index (κ2) is 15.1. The number of ether oxygens (including phenoxy) is 2. The molecule has 0 heterocycles. The van der Waals surface area contributed by atoms with Gasteiger partial charge in [0.05, 0.1) is 43.2 Å². The molecular formula is C32H40Br2O8S2. The van der Waals surface area contributed by atoms with Gasteiger partial charge in [0.15, 0.2) is 0 Å². The summed E-state index contributed by atoms with van der Waals surface area (Å²) in [4.78, 5) is 0.273. The van der Waals surface area contributed by atoms with Gasteiger partial charge in [0.1, 0.15) is 11.5 Å². The Hall–Kier alpha value is -1.96. The van der Waals surface area contributed by atoms with Crippen LogP contribution in [0.1, 0.15) is 65.5 Å². The first-order valence-electron chi connectivity index (χ1n) is 14.2. The van der Waals surface area contributed by atoms with Crippen molar-refractivity contribution in [1.82, 2.24) is 0 Å². The van der Waals surface area contributed by atoms with Gasteiger partial charge < -0.3 is 9.47 Å². The predicted octanol–water partition coefficient (Wildman–Crippen LogP) is 8.24. The quantitative estimate of drug-likeness (QED) is 0.119. The summed E-state index contributed by atoms with van der Waals surface area (Å²) in [5.74, 6) is 1.35. The highest BCUT2D eigenvalue weighted by molar-refractivity contribution is 9.11. The minimum absolute atomic E-state index is 0.136. The van der Waals surface area contributed by atoms with E-state index in [1.165, 1.54) is 0 Å². The zero-order valence-corrected chi connectivity index (χ0v) is 30.7. The Kier molecular flexibility index (Phi) is 12.5. The van der Waals surface area contributed by atoms with Crippen molar-refractivity contribution in [3.8, 4) is 11.5 Å². The summed E-state index contributed by atoms with van der Waals surface area (Å²) in [5, 5.41) is 0. The summed E-state index contributed by atoms with van der Waals surface area (Å²) >= 11 is 7.12. The molecule has 0 spiro atoms. The summed E-state index contributed by atoms with van der Waals surface area (Å²) in [6.07, 6.45) is 2.93. The van der Waals surface area contributed by atoms with Gasteiger partial charge >= 0.3 is 0 Å². The first-order chi connectivity index (χ1) is 20.3. The van der Waals surface area contributed by atoms with Crippen LogP contribution in [0.25, 0.3) is 0 Å². The third-order valence-electron chi connectivity index (χ3n) is 5.86. The SMILES string of the molecule is CC(C)(C)OS(=O)(=O)c1ccc(CCCOc2cc(Br)c(OCCCc3ccc(S(=O)(=O)OC(C)(C)C)cc3)cc2Br)cc1. The molecule has 3 aromatic rings. The molecule has 0 radical (unpaired) electrons. The first kappa shape index (κ1) is 36.5. The smallest absolute Gasteiger partial charge is 0.297 e. The molecule has 0 amide bonds. The van der Waals surface area contributed by atoms with Crippen LogP contribution in [0, 0.1) is 0 Å². The Morgan fingerprint density at radius 3 is 1.18 bits per heavy atom. The van der Waals surface area contributed by atoms with Gasteiger partial charge in [0.25, 0.3) is 20.2 Å². The molecular weight excluding hydrogens is 736 g/mol. The van der Waals surface area contributed by atoms with Crippen LogP contribution < -0.4 is 9.47 Å². The molecule has 0 atom stereocenters.